The summed E-state index contributed by atoms with van der Waals surface area (Å²) in [5.41, 5.74) is 3.73. The van der Waals surface area contributed by atoms with Gasteiger partial charge in [-0.3, -0.25) is 0 Å². The van der Waals surface area contributed by atoms with Crippen molar-refractivity contribution in [2.45, 2.75) is 25.3 Å². The summed E-state index contributed by atoms with van der Waals surface area (Å²) >= 11 is 0. The van der Waals surface area contributed by atoms with Crippen molar-refractivity contribution < 1.29 is 13.2 Å². The number of rotatable bonds is 6. The molecule has 0 atom stereocenters. The van der Waals surface area contributed by atoms with Crippen molar-refractivity contribution in [3.8, 4) is 11.8 Å². The predicted octanol–water partition coefficient (Wildman–Crippen LogP) is 5.22. The van der Waals surface area contributed by atoms with Crippen LogP contribution in [0.25, 0.3) is 6.08 Å². The standard InChI is InChI=1S/C24H21NO3S/c1-18-9-11-23(12-10-18)29(26,27)24(16-25)15-20-6-4-8-22(14-20)28-17-21-7-3-5-19(2)13-21/h3-15H,17H2,1-2H3. The Morgan fingerprint density at radius 1 is 0.966 bits per heavy atom. The molecule has 0 aliphatic rings. The minimum absolute atomic E-state index is 0.0998. The zero-order valence-electron chi connectivity index (χ0n) is 16.3. The third-order valence-corrected chi connectivity index (χ3v) is 6.06. The first-order chi connectivity index (χ1) is 13.9. The maximum absolute atomic E-state index is 12.8. The van der Waals surface area contributed by atoms with E-state index < -0.39 is 9.84 Å². The highest BCUT2D eigenvalue weighted by Gasteiger charge is 2.20. The largest absolute Gasteiger partial charge is 0.489 e. The molecule has 0 heterocycles. The molecule has 3 aromatic rings. The molecule has 0 saturated carbocycles. The van der Waals surface area contributed by atoms with Crippen LogP contribution >= 0.6 is 0 Å². The fraction of sp³-hybridized carbons (Fsp3) is 0.125. The number of ether oxygens (including phenoxy) is 1. The van der Waals surface area contributed by atoms with Gasteiger partial charge >= 0.3 is 0 Å². The van der Waals surface area contributed by atoms with E-state index in [0.29, 0.717) is 17.9 Å². The number of nitriles is 1. The fourth-order valence-corrected chi connectivity index (χ4v) is 3.99. The molecule has 0 spiro atoms. The summed E-state index contributed by atoms with van der Waals surface area (Å²) in [7, 11) is -3.88. The van der Waals surface area contributed by atoms with Gasteiger partial charge in [0.25, 0.3) is 0 Å². The van der Waals surface area contributed by atoms with Gasteiger partial charge in [-0.2, -0.15) is 5.26 Å². The number of aryl methyl sites for hydroxylation is 2. The van der Waals surface area contributed by atoms with Crippen LogP contribution in [0.5, 0.6) is 5.75 Å². The molecule has 0 aliphatic heterocycles. The lowest BCUT2D eigenvalue weighted by Gasteiger charge is -2.08. The molecular formula is C24H21NO3S. The molecule has 0 bridgehead atoms. The zero-order valence-corrected chi connectivity index (χ0v) is 17.1. The van der Waals surface area contributed by atoms with Gasteiger partial charge in [0.2, 0.25) is 9.84 Å². The highest BCUT2D eigenvalue weighted by atomic mass is 32.2. The van der Waals surface area contributed by atoms with Crippen LogP contribution in [0.15, 0.2) is 82.6 Å². The van der Waals surface area contributed by atoms with Crippen molar-refractivity contribution >= 4 is 15.9 Å². The van der Waals surface area contributed by atoms with Gasteiger partial charge in [-0.15, -0.1) is 0 Å². The van der Waals surface area contributed by atoms with Crippen molar-refractivity contribution in [1.82, 2.24) is 0 Å². The van der Waals surface area contributed by atoms with Crippen LogP contribution in [0.4, 0.5) is 0 Å². The van der Waals surface area contributed by atoms with Gasteiger partial charge < -0.3 is 4.74 Å². The van der Waals surface area contributed by atoms with Crippen LogP contribution in [-0.2, 0) is 16.4 Å². The molecule has 0 N–H and O–H groups in total. The third-order valence-electron chi connectivity index (χ3n) is 4.37. The lowest BCUT2D eigenvalue weighted by molar-refractivity contribution is 0.306. The van der Waals surface area contributed by atoms with Crippen molar-refractivity contribution in [2.75, 3.05) is 0 Å². The smallest absolute Gasteiger partial charge is 0.216 e. The van der Waals surface area contributed by atoms with E-state index >= 15 is 0 Å². The Bertz CT molecular complexity index is 1190. The molecule has 3 rings (SSSR count). The van der Waals surface area contributed by atoms with Gasteiger partial charge in [-0.05, 0) is 55.3 Å². The zero-order chi connectivity index (χ0) is 20.9. The number of sulfone groups is 1. The van der Waals surface area contributed by atoms with Crippen LogP contribution in [-0.4, -0.2) is 8.42 Å². The van der Waals surface area contributed by atoms with Gasteiger partial charge in [0, 0.05) is 0 Å². The Kier molecular flexibility index (Phi) is 6.16. The highest BCUT2D eigenvalue weighted by molar-refractivity contribution is 7.95. The summed E-state index contributed by atoms with van der Waals surface area (Å²) in [5, 5.41) is 9.46. The van der Waals surface area contributed by atoms with Crippen LogP contribution in [0, 0.1) is 25.2 Å². The lowest BCUT2D eigenvalue weighted by Crippen LogP contribution is -2.03. The summed E-state index contributed by atoms with van der Waals surface area (Å²) in [6.45, 7) is 4.30. The number of hydrogen-bond donors (Lipinski definition) is 0. The average molecular weight is 404 g/mol. The second-order valence-electron chi connectivity index (χ2n) is 6.79. The molecule has 5 heteroatoms. The average Bonchev–Trinajstić information content (AvgIpc) is 2.71. The quantitative estimate of drug-likeness (QED) is 0.529. The topological polar surface area (TPSA) is 67.2 Å². The van der Waals surface area contributed by atoms with Crippen LogP contribution in [0.2, 0.25) is 0 Å². The van der Waals surface area contributed by atoms with E-state index in [2.05, 4.69) is 0 Å². The first-order valence-electron chi connectivity index (χ1n) is 9.10. The Labute approximate surface area is 171 Å². The molecule has 0 radical (unpaired) electrons. The van der Waals surface area contributed by atoms with Crippen molar-refractivity contribution in [3.63, 3.8) is 0 Å². The minimum atomic E-state index is -3.88. The van der Waals surface area contributed by atoms with Gasteiger partial charge in [-0.25, -0.2) is 8.42 Å². The van der Waals surface area contributed by atoms with E-state index in [1.54, 1.807) is 36.4 Å². The molecular weight excluding hydrogens is 382 g/mol. The molecule has 4 nitrogen and oxygen atoms in total. The molecule has 0 aliphatic carbocycles. The monoisotopic (exact) mass is 403 g/mol. The van der Waals surface area contributed by atoms with Crippen molar-refractivity contribution in [1.29, 1.82) is 5.26 Å². The summed E-state index contributed by atoms with van der Waals surface area (Å²) in [6, 6.07) is 23.3. The van der Waals surface area contributed by atoms with Gasteiger partial charge in [0.05, 0.1) is 4.90 Å². The van der Waals surface area contributed by atoms with E-state index in [4.69, 9.17) is 4.74 Å². The maximum Gasteiger partial charge on any atom is 0.216 e. The molecule has 29 heavy (non-hydrogen) atoms. The van der Waals surface area contributed by atoms with Gasteiger partial charge in [-0.1, -0.05) is 59.7 Å². The maximum atomic E-state index is 12.8. The Morgan fingerprint density at radius 3 is 2.38 bits per heavy atom. The summed E-state index contributed by atoms with van der Waals surface area (Å²) in [4.78, 5) is -0.208. The number of allylic oxidation sites excluding steroid dienone is 1. The molecule has 0 amide bonds. The van der Waals surface area contributed by atoms with Crippen LogP contribution in [0.3, 0.4) is 0 Å². The molecule has 0 aromatic heterocycles. The Morgan fingerprint density at radius 2 is 1.69 bits per heavy atom. The second-order valence-corrected chi connectivity index (χ2v) is 8.71. The van der Waals surface area contributed by atoms with Crippen molar-refractivity contribution in [2.24, 2.45) is 0 Å². The summed E-state index contributed by atoms with van der Waals surface area (Å²) < 4.78 is 31.4. The summed E-state index contributed by atoms with van der Waals surface area (Å²) in [6.07, 6.45) is 1.37. The lowest BCUT2D eigenvalue weighted by atomic mass is 10.1. The molecule has 0 fully saturated rings. The number of benzene rings is 3. The molecule has 0 saturated heterocycles. The van der Waals surface area contributed by atoms with E-state index in [-0.39, 0.29) is 9.80 Å². The number of hydrogen-bond acceptors (Lipinski definition) is 4. The first kappa shape index (κ1) is 20.4. The van der Waals surface area contributed by atoms with E-state index in [1.165, 1.54) is 18.2 Å². The van der Waals surface area contributed by atoms with Crippen LogP contribution < -0.4 is 4.74 Å². The first-order valence-corrected chi connectivity index (χ1v) is 10.6. The predicted molar refractivity (Wildman–Crippen MR) is 114 cm³/mol. The highest BCUT2D eigenvalue weighted by Crippen LogP contribution is 2.23. The number of nitrogens with zero attached hydrogens (tertiary/aromatic N) is 1. The summed E-state index contributed by atoms with van der Waals surface area (Å²) in [5.74, 6) is 0.602. The van der Waals surface area contributed by atoms with E-state index in [0.717, 1.165) is 16.7 Å². The van der Waals surface area contributed by atoms with Gasteiger partial charge in [0.1, 0.15) is 23.3 Å². The van der Waals surface area contributed by atoms with E-state index in [1.807, 2.05) is 44.2 Å². The van der Waals surface area contributed by atoms with Crippen molar-refractivity contribution in [3.05, 3.63) is 100.0 Å². The Balaban J connectivity index is 1.84. The third kappa shape index (κ3) is 5.13. The minimum Gasteiger partial charge on any atom is -0.489 e. The molecule has 3 aromatic carbocycles. The fourth-order valence-electron chi connectivity index (χ4n) is 2.83. The SMILES string of the molecule is Cc1ccc(S(=O)(=O)C(C#N)=Cc2cccc(OCc3cccc(C)c3)c2)cc1. The van der Waals surface area contributed by atoms with E-state index in [9.17, 15) is 13.7 Å². The molecule has 0 unspecified atom stereocenters. The van der Waals surface area contributed by atoms with Gasteiger partial charge in [0.15, 0.2) is 0 Å². The van der Waals surface area contributed by atoms with Crippen LogP contribution in [0.1, 0.15) is 22.3 Å². The second kappa shape index (κ2) is 8.76. The normalized spacial score (nSPS) is 11.7. The Hall–Kier alpha value is -3.36. The molecule has 146 valence electrons.